The van der Waals surface area contributed by atoms with E-state index >= 15 is 0 Å². The second-order valence-electron chi connectivity index (χ2n) is 3.30. The highest BCUT2D eigenvalue weighted by Crippen LogP contribution is 2.39. The number of hydrogen-bond acceptors (Lipinski definition) is 1. The van der Waals surface area contributed by atoms with Crippen molar-refractivity contribution in [1.29, 1.82) is 5.26 Å². The Morgan fingerprint density at radius 1 is 1.00 bits per heavy atom. The van der Waals surface area contributed by atoms with Crippen LogP contribution < -0.4 is 0 Å². The Morgan fingerprint density at radius 3 is 1.83 bits per heavy atom. The molecular formula is C10H4BrF6N. The highest BCUT2D eigenvalue weighted by Gasteiger charge is 2.39. The Balaban J connectivity index is 3.59. The van der Waals surface area contributed by atoms with Gasteiger partial charge in [-0.15, -0.1) is 0 Å². The first-order valence-electron chi connectivity index (χ1n) is 4.38. The van der Waals surface area contributed by atoms with Crippen molar-refractivity contribution in [1.82, 2.24) is 0 Å². The van der Waals surface area contributed by atoms with Crippen LogP contribution in [0.3, 0.4) is 0 Å². The highest BCUT2D eigenvalue weighted by atomic mass is 79.9. The van der Waals surface area contributed by atoms with Crippen LogP contribution in [0, 0.1) is 11.3 Å². The fourth-order valence-corrected chi connectivity index (χ4v) is 1.81. The third-order valence-corrected chi connectivity index (χ3v) is 2.72. The zero-order valence-electron chi connectivity index (χ0n) is 8.45. The van der Waals surface area contributed by atoms with Crippen molar-refractivity contribution in [2.45, 2.75) is 17.7 Å². The molecule has 0 amide bonds. The smallest absolute Gasteiger partial charge is 0.192 e. The van der Waals surface area contributed by atoms with Crippen LogP contribution in [0.1, 0.15) is 22.3 Å². The highest BCUT2D eigenvalue weighted by molar-refractivity contribution is 9.08. The summed E-state index contributed by atoms with van der Waals surface area (Å²) in [6, 6.07) is 1.70. The molecule has 18 heavy (non-hydrogen) atoms. The molecule has 1 nitrogen and oxygen atoms in total. The Hall–Kier alpha value is -1.23. The first kappa shape index (κ1) is 14.8. The predicted molar refractivity (Wildman–Crippen MR) is 53.8 cm³/mol. The Kier molecular flexibility index (Phi) is 3.96. The summed E-state index contributed by atoms with van der Waals surface area (Å²) in [5.41, 5.74) is -4.22. The lowest BCUT2D eigenvalue weighted by atomic mass is 9.99. The van der Waals surface area contributed by atoms with Gasteiger partial charge in [-0.3, -0.25) is 0 Å². The number of rotatable bonds is 1. The van der Waals surface area contributed by atoms with Crippen LogP contribution in [-0.4, -0.2) is 0 Å². The zero-order valence-corrected chi connectivity index (χ0v) is 10.0. The third kappa shape index (κ3) is 2.96. The van der Waals surface area contributed by atoms with Crippen molar-refractivity contribution in [3.05, 3.63) is 34.4 Å². The molecule has 98 valence electrons. The van der Waals surface area contributed by atoms with E-state index in [9.17, 15) is 26.3 Å². The van der Waals surface area contributed by atoms with Gasteiger partial charge in [0.15, 0.2) is 0 Å². The van der Waals surface area contributed by atoms with E-state index in [0.717, 1.165) is 6.07 Å². The molecule has 0 aliphatic carbocycles. The van der Waals surface area contributed by atoms with E-state index in [1.165, 1.54) is 0 Å². The van der Waals surface area contributed by atoms with Crippen molar-refractivity contribution in [3.63, 3.8) is 0 Å². The summed E-state index contributed by atoms with van der Waals surface area (Å²) >= 11 is 2.70. The second-order valence-corrected chi connectivity index (χ2v) is 3.86. The van der Waals surface area contributed by atoms with Crippen molar-refractivity contribution < 1.29 is 26.3 Å². The Morgan fingerprint density at radius 2 is 1.50 bits per heavy atom. The summed E-state index contributed by atoms with van der Waals surface area (Å²) in [4.78, 5) is 0. The minimum Gasteiger partial charge on any atom is -0.192 e. The van der Waals surface area contributed by atoms with E-state index in [4.69, 9.17) is 5.26 Å². The molecule has 8 heteroatoms. The van der Waals surface area contributed by atoms with Crippen molar-refractivity contribution in [3.8, 4) is 6.07 Å². The molecule has 0 N–H and O–H groups in total. The van der Waals surface area contributed by atoms with E-state index in [2.05, 4.69) is 15.9 Å². The van der Waals surface area contributed by atoms with E-state index in [-0.39, 0.29) is 6.07 Å². The first-order chi connectivity index (χ1) is 8.11. The van der Waals surface area contributed by atoms with Crippen molar-refractivity contribution in [2.24, 2.45) is 0 Å². The topological polar surface area (TPSA) is 23.8 Å². The predicted octanol–water partition coefficient (Wildman–Crippen LogP) is 4.49. The average Bonchev–Trinajstić information content (AvgIpc) is 2.24. The molecule has 0 radical (unpaired) electrons. The average molecular weight is 332 g/mol. The van der Waals surface area contributed by atoms with Crippen molar-refractivity contribution in [2.75, 3.05) is 0 Å². The molecule has 1 aromatic rings. The monoisotopic (exact) mass is 331 g/mol. The maximum absolute atomic E-state index is 12.6. The lowest BCUT2D eigenvalue weighted by molar-refractivity contribution is -0.141. The summed E-state index contributed by atoms with van der Waals surface area (Å²) in [6.07, 6.45) is -9.68. The van der Waals surface area contributed by atoms with Gasteiger partial charge in [0.25, 0.3) is 0 Å². The standard InChI is InChI=1S/C10H4BrF6N/c11-3-5-1-8(10(15,16)17)6(4-18)2-7(5)9(12,13)14/h1-2H,3H2. The molecule has 0 aliphatic heterocycles. The normalized spacial score (nSPS) is 12.3. The fourth-order valence-electron chi connectivity index (χ4n) is 1.35. The van der Waals surface area contributed by atoms with E-state index in [0.29, 0.717) is 6.07 Å². The van der Waals surface area contributed by atoms with Gasteiger partial charge in [-0.2, -0.15) is 31.6 Å². The van der Waals surface area contributed by atoms with Gasteiger partial charge in [0.05, 0.1) is 22.8 Å². The molecule has 1 rings (SSSR count). The molecule has 0 heterocycles. The summed E-state index contributed by atoms with van der Waals surface area (Å²) in [5.74, 6) is 0. The van der Waals surface area contributed by atoms with E-state index in [1.54, 1.807) is 0 Å². The van der Waals surface area contributed by atoms with Gasteiger partial charge in [-0.1, -0.05) is 15.9 Å². The number of halogens is 7. The quantitative estimate of drug-likeness (QED) is 0.549. The van der Waals surface area contributed by atoms with Crippen molar-refractivity contribution >= 4 is 15.9 Å². The molecule has 0 aliphatic rings. The van der Waals surface area contributed by atoms with Gasteiger partial charge in [0.2, 0.25) is 0 Å². The van der Waals surface area contributed by atoms with Crippen LogP contribution in [0.4, 0.5) is 26.3 Å². The number of alkyl halides is 7. The summed E-state index contributed by atoms with van der Waals surface area (Å²) in [7, 11) is 0. The first-order valence-corrected chi connectivity index (χ1v) is 5.50. The van der Waals surface area contributed by atoms with Gasteiger partial charge in [-0.25, -0.2) is 0 Å². The molecule has 0 atom stereocenters. The largest absolute Gasteiger partial charge is 0.417 e. The zero-order chi connectivity index (χ0) is 14.1. The summed E-state index contributed by atoms with van der Waals surface area (Å²) in [5, 5.41) is 8.11. The Bertz CT molecular complexity index is 497. The molecule has 0 saturated carbocycles. The van der Waals surface area contributed by atoms with E-state index < -0.39 is 39.9 Å². The number of hydrogen-bond donors (Lipinski definition) is 0. The fraction of sp³-hybridized carbons (Fsp3) is 0.300. The van der Waals surface area contributed by atoms with Gasteiger partial charge < -0.3 is 0 Å². The van der Waals surface area contributed by atoms with Crippen LogP contribution >= 0.6 is 15.9 Å². The minimum atomic E-state index is -4.87. The van der Waals surface area contributed by atoms with Gasteiger partial charge in [0.1, 0.15) is 0 Å². The third-order valence-electron chi connectivity index (χ3n) is 2.12. The Labute approximate surface area is 106 Å². The maximum atomic E-state index is 12.6. The minimum absolute atomic E-state index is 0.222. The van der Waals surface area contributed by atoms with Crippen LogP contribution in [0.25, 0.3) is 0 Å². The molecule has 0 saturated heterocycles. The molecule has 0 bridgehead atoms. The number of nitriles is 1. The SMILES string of the molecule is N#Cc1cc(C(F)(F)F)c(CBr)cc1C(F)(F)F. The second kappa shape index (κ2) is 4.80. The van der Waals surface area contributed by atoms with Crippen LogP contribution in [0.5, 0.6) is 0 Å². The number of nitrogens with zero attached hydrogens (tertiary/aromatic N) is 1. The molecule has 0 unspecified atom stereocenters. The summed E-state index contributed by atoms with van der Waals surface area (Å²) in [6.45, 7) is 0. The number of benzene rings is 1. The van der Waals surface area contributed by atoms with E-state index in [1.807, 2.05) is 0 Å². The molecule has 0 spiro atoms. The lowest BCUT2D eigenvalue weighted by Crippen LogP contribution is -2.14. The molecule has 1 aromatic carbocycles. The maximum Gasteiger partial charge on any atom is 0.417 e. The van der Waals surface area contributed by atoms with Gasteiger partial charge >= 0.3 is 12.4 Å². The molecular weight excluding hydrogens is 328 g/mol. The van der Waals surface area contributed by atoms with Crippen LogP contribution in [0.15, 0.2) is 12.1 Å². The molecule has 0 aromatic heterocycles. The van der Waals surface area contributed by atoms with Gasteiger partial charge in [0, 0.05) is 5.33 Å². The van der Waals surface area contributed by atoms with Crippen LogP contribution in [0.2, 0.25) is 0 Å². The lowest BCUT2D eigenvalue weighted by Gasteiger charge is -2.15. The molecule has 0 fully saturated rings. The van der Waals surface area contributed by atoms with Gasteiger partial charge in [-0.05, 0) is 17.7 Å². The van der Waals surface area contributed by atoms with Crippen LogP contribution in [-0.2, 0) is 17.7 Å². The summed E-state index contributed by atoms with van der Waals surface area (Å²) < 4.78 is 75.3.